The Balaban J connectivity index is 1.93. The van der Waals surface area contributed by atoms with Crippen LogP contribution in [0.1, 0.15) is 39.5 Å². The predicted molar refractivity (Wildman–Crippen MR) is 67.8 cm³/mol. The number of hydrogen-bond acceptors (Lipinski definition) is 3. The van der Waals surface area contributed by atoms with Crippen LogP contribution in [0.25, 0.3) is 0 Å². The fraction of sp³-hybridized carbons (Fsp3) is 0.923. The average molecular weight is 242 g/mol. The monoisotopic (exact) mass is 242 g/mol. The van der Waals surface area contributed by atoms with Gasteiger partial charge >= 0.3 is 0 Å². The molecular weight excluding hydrogens is 220 g/mol. The first-order valence-corrected chi connectivity index (χ1v) is 7.51. The first-order valence-electron chi connectivity index (χ1n) is 6.36. The molecule has 0 aliphatic carbocycles. The molecule has 0 N–H and O–H groups in total. The van der Waals surface area contributed by atoms with Gasteiger partial charge in [0.1, 0.15) is 5.78 Å². The van der Waals surface area contributed by atoms with Crippen LogP contribution in [0.2, 0.25) is 0 Å². The van der Waals surface area contributed by atoms with E-state index in [1.54, 1.807) is 0 Å². The summed E-state index contributed by atoms with van der Waals surface area (Å²) in [5.41, 5.74) is 0.0558. The summed E-state index contributed by atoms with van der Waals surface area (Å²) in [5, 5.41) is 0. The Labute approximate surface area is 103 Å². The zero-order chi connectivity index (χ0) is 11.6. The van der Waals surface area contributed by atoms with Gasteiger partial charge in [-0.05, 0) is 30.9 Å². The summed E-state index contributed by atoms with van der Waals surface area (Å²) in [6.45, 7) is 5.03. The van der Waals surface area contributed by atoms with Gasteiger partial charge in [-0.2, -0.15) is 11.8 Å². The van der Waals surface area contributed by atoms with E-state index >= 15 is 0 Å². The number of rotatable bonds is 3. The van der Waals surface area contributed by atoms with Crippen molar-refractivity contribution in [2.24, 2.45) is 11.8 Å². The Kier molecular flexibility index (Phi) is 3.96. The Morgan fingerprint density at radius 1 is 1.56 bits per heavy atom. The van der Waals surface area contributed by atoms with Gasteiger partial charge in [0.05, 0.1) is 5.60 Å². The van der Waals surface area contributed by atoms with Gasteiger partial charge in [0.15, 0.2) is 0 Å². The smallest absolute Gasteiger partial charge is 0.136 e. The molecule has 2 atom stereocenters. The number of hydrogen-bond donors (Lipinski definition) is 0. The maximum absolute atomic E-state index is 12.1. The van der Waals surface area contributed by atoms with Crippen LogP contribution in [0, 0.1) is 11.8 Å². The average Bonchev–Trinajstić information content (AvgIpc) is 2.65. The fourth-order valence-electron chi connectivity index (χ4n) is 2.73. The Bertz CT molecular complexity index is 257. The van der Waals surface area contributed by atoms with Gasteiger partial charge in [0.2, 0.25) is 0 Å². The second-order valence-electron chi connectivity index (χ2n) is 5.59. The van der Waals surface area contributed by atoms with E-state index in [0.29, 0.717) is 11.7 Å². The summed E-state index contributed by atoms with van der Waals surface area (Å²) in [6, 6.07) is 0. The first kappa shape index (κ1) is 12.4. The molecule has 1 spiro atoms. The van der Waals surface area contributed by atoms with Crippen molar-refractivity contribution in [1.29, 1.82) is 0 Å². The molecule has 2 rings (SSSR count). The molecule has 2 heterocycles. The molecule has 2 aliphatic rings. The van der Waals surface area contributed by atoms with Crippen LogP contribution >= 0.6 is 11.8 Å². The molecule has 2 fully saturated rings. The van der Waals surface area contributed by atoms with Crippen molar-refractivity contribution in [3.63, 3.8) is 0 Å². The van der Waals surface area contributed by atoms with Crippen LogP contribution in [0.5, 0.6) is 0 Å². The van der Waals surface area contributed by atoms with Crippen LogP contribution < -0.4 is 0 Å². The maximum atomic E-state index is 12.1. The highest BCUT2D eigenvalue weighted by Crippen LogP contribution is 2.40. The van der Waals surface area contributed by atoms with Gasteiger partial charge < -0.3 is 4.74 Å². The van der Waals surface area contributed by atoms with E-state index in [9.17, 15) is 4.79 Å². The number of thioether (sulfide) groups is 1. The Morgan fingerprint density at radius 3 is 3.00 bits per heavy atom. The Hall–Kier alpha value is -0.0200. The van der Waals surface area contributed by atoms with Gasteiger partial charge in [-0.25, -0.2) is 0 Å². The van der Waals surface area contributed by atoms with E-state index in [2.05, 4.69) is 13.8 Å². The minimum Gasteiger partial charge on any atom is -0.374 e. The first-order chi connectivity index (χ1) is 7.61. The highest BCUT2D eigenvalue weighted by molar-refractivity contribution is 7.99. The normalized spacial score (nSPS) is 34.8. The molecule has 3 heteroatoms. The lowest BCUT2D eigenvalue weighted by Crippen LogP contribution is -2.42. The molecule has 0 amide bonds. The molecule has 0 radical (unpaired) electrons. The maximum Gasteiger partial charge on any atom is 0.136 e. The molecule has 92 valence electrons. The van der Waals surface area contributed by atoms with Crippen molar-refractivity contribution in [3.8, 4) is 0 Å². The van der Waals surface area contributed by atoms with Crippen LogP contribution in [0.15, 0.2) is 0 Å². The topological polar surface area (TPSA) is 26.3 Å². The third-order valence-corrected chi connectivity index (χ3v) is 4.85. The van der Waals surface area contributed by atoms with Gasteiger partial charge in [-0.1, -0.05) is 13.8 Å². The lowest BCUT2D eigenvalue weighted by molar-refractivity contribution is -0.134. The number of carbonyl (C=O) groups is 1. The van der Waals surface area contributed by atoms with Crippen molar-refractivity contribution in [1.82, 2.24) is 0 Å². The van der Waals surface area contributed by atoms with Crippen molar-refractivity contribution in [2.45, 2.75) is 45.1 Å². The van der Waals surface area contributed by atoms with Crippen LogP contribution in [0.3, 0.4) is 0 Å². The largest absolute Gasteiger partial charge is 0.374 e. The second kappa shape index (κ2) is 5.09. The zero-order valence-corrected chi connectivity index (χ0v) is 11.1. The van der Waals surface area contributed by atoms with Crippen LogP contribution in [-0.4, -0.2) is 29.5 Å². The van der Waals surface area contributed by atoms with E-state index < -0.39 is 0 Å². The molecule has 16 heavy (non-hydrogen) atoms. The molecule has 0 aromatic carbocycles. The zero-order valence-electron chi connectivity index (χ0n) is 10.3. The highest BCUT2D eigenvalue weighted by Gasteiger charge is 2.42. The Morgan fingerprint density at radius 2 is 2.38 bits per heavy atom. The molecule has 2 saturated heterocycles. The molecular formula is C13H22O2S. The standard InChI is InChI=1S/C13H22O2S/c1-10(2)7-12(14)11-3-5-15-13(8-11)4-6-16-9-13/h10-11H,3-9H2,1-2H3. The lowest BCUT2D eigenvalue weighted by atomic mass is 9.81. The third-order valence-electron chi connectivity index (χ3n) is 3.62. The summed E-state index contributed by atoms with van der Waals surface area (Å²) in [5.74, 6) is 3.53. The molecule has 0 aromatic heterocycles. The van der Waals surface area contributed by atoms with Crippen LogP contribution in [0.4, 0.5) is 0 Å². The van der Waals surface area contributed by atoms with E-state index in [4.69, 9.17) is 4.74 Å². The van der Waals surface area contributed by atoms with Gasteiger partial charge in [0, 0.05) is 24.7 Å². The van der Waals surface area contributed by atoms with Crippen molar-refractivity contribution >= 4 is 17.5 Å². The van der Waals surface area contributed by atoms with Gasteiger partial charge in [-0.3, -0.25) is 4.79 Å². The summed E-state index contributed by atoms with van der Waals surface area (Å²) in [6.07, 6.45) is 3.81. The van der Waals surface area contributed by atoms with Crippen molar-refractivity contribution < 1.29 is 9.53 Å². The van der Waals surface area contributed by atoms with E-state index in [0.717, 1.165) is 38.0 Å². The highest BCUT2D eigenvalue weighted by atomic mass is 32.2. The number of carbonyl (C=O) groups excluding carboxylic acids is 1. The van der Waals surface area contributed by atoms with Gasteiger partial charge in [0.25, 0.3) is 0 Å². The molecule has 0 bridgehead atoms. The van der Waals surface area contributed by atoms with Gasteiger partial charge in [-0.15, -0.1) is 0 Å². The summed E-state index contributed by atoms with van der Waals surface area (Å²) >= 11 is 1.97. The molecule has 2 unspecified atom stereocenters. The fourth-order valence-corrected chi connectivity index (χ4v) is 4.11. The SMILES string of the molecule is CC(C)CC(=O)C1CCOC2(CCSC2)C1. The molecule has 2 nitrogen and oxygen atoms in total. The summed E-state index contributed by atoms with van der Waals surface area (Å²) in [7, 11) is 0. The quantitative estimate of drug-likeness (QED) is 0.761. The van der Waals surface area contributed by atoms with Crippen molar-refractivity contribution in [3.05, 3.63) is 0 Å². The predicted octanol–water partition coefficient (Wildman–Crippen LogP) is 2.90. The summed E-state index contributed by atoms with van der Waals surface area (Å²) < 4.78 is 5.94. The molecule has 0 aromatic rings. The minimum atomic E-state index is 0.0558. The molecule has 0 saturated carbocycles. The third kappa shape index (κ3) is 2.80. The summed E-state index contributed by atoms with van der Waals surface area (Å²) in [4.78, 5) is 12.1. The molecule has 2 aliphatic heterocycles. The lowest BCUT2D eigenvalue weighted by Gasteiger charge is -2.37. The van der Waals surface area contributed by atoms with E-state index in [1.807, 2.05) is 11.8 Å². The number of ether oxygens (including phenoxy) is 1. The number of ketones is 1. The number of Topliss-reactive ketones (excluding diaryl/α,β-unsaturated/α-hetero) is 1. The van der Waals surface area contributed by atoms with Crippen molar-refractivity contribution in [2.75, 3.05) is 18.1 Å². The second-order valence-corrected chi connectivity index (χ2v) is 6.69. The minimum absolute atomic E-state index is 0.0558. The van der Waals surface area contributed by atoms with E-state index in [-0.39, 0.29) is 11.5 Å². The van der Waals surface area contributed by atoms with E-state index in [1.165, 1.54) is 5.75 Å². The van der Waals surface area contributed by atoms with Crippen LogP contribution in [-0.2, 0) is 9.53 Å².